The second kappa shape index (κ2) is 5.83. The van der Waals surface area contributed by atoms with E-state index < -0.39 is 0 Å². The Bertz CT molecular complexity index is 482. The van der Waals surface area contributed by atoms with Crippen LogP contribution in [0, 0.1) is 0 Å². The van der Waals surface area contributed by atoms with Gasteiger partial charge in [0.1, 0.15) is 0 Å². The fourth-order valence-electron chi connectivity index (χ4n) is 3.26. The Morgan fingerprint density at radius 3 is 2.95 bits per heavy atom. The molecule has 2 unspecified atom stereocenters. The normalized spacial score (nSPS) is 23.1. The highest BCUT2D eigenvalue weighted by Gasteiger charge is 2.29. The largest absolute Gasteiger partial charge is 0.384 e. The molecule has 4 nitrogen and oxygen atoms in total. The van der Waals surface area contributed by atoms with E-state index in [0.29, 0.717) is 6.54 Å². The van der Waals surface area contributed by atoms with Crippen molar-refractivity contribution in [3.8, 4) is 0 Å². The number of likely N-dealkylation sites (tertiary alicyclic amines) is 1. The molecule has 1 fully saturated rings. The van der Waals surface area contributed by atoms with Crippen LogP contribution >= 0.6 is 0 Å². The molecule has 0 saturated carbocycles. The topological polar surface area (TPSA) is 44.4 Å². The lowest BCUT2D eigenvalue weighted by atomic mass is 10.0. The van der Waals surface area contributed by atoms with Crippen LogP contribution in [-0.4, -0.2) is 43.0 Å². The molecule has 0 aromatic heterocycles. The zero-order valence-electron chi connectivity index (χ0n) is 12.1. The molecule has 0 radical (unpaired) electrons. The SMILES string of the molecule is CC(CN1CCCC1)NC(=O)C1CNc2ccccc21. The van der Waals surface area contributed by atoms with Gasteiger partial charge in [-0.15, -0.1) is 0 Å². The summed E-state index contributed by atoms with van der Waals surface area (Å²) in [5.41, 5.74) is 2.22. The van der Waals surface area contributed by atoms with E-state index in [9.17, 15) is 4.79 Å². The van der Waals surface area contributed by atoms with Gasteiger partial charge in [-0.3, -0.25) is 4.79 Å². The molecule has 3 rings (SSSR count). The van der Waals surface area contributed by atoms with Gasteiger partial charge in [0.25, 0.3) is 0 Å². The molecule has 1 aromatic rings. The number of hydrogen-bond donors (Lipinski definition) is 2. The van der Waals surface area contributed by atoms with E-state index in [-0.39, 0.29) is 17.9 Å². The van der Waals surface area contributed by atoms with Gasteiger partial charge in [0.2, 0.25) is 5.91 Å². The molecular formula is C16H23N3O. The van der Waals surface area contributed by atoms with Gasteiger partial charge in [0.05, 0.1) is 5.92 Å². The summed E-state index contributed by atoms with van der Waals surface area (Å²) < 4.78 is 0. The van der Waals surface area contributed by atoms with E-state index in [4.69, 9.17) is 0 Å². The first kappa shape index (κ1) is 13.4. The fourth-order valence-corrected chi connectivity index (χ4v) is 3.26. The van der Waals surface area contributed by atoms with Crippen LogP contribution in [-0.2, 0) is 4.79 Å². The third kappa shape index (κ3) is 2.80. The number of rotatable bonds is 4. The zero-order valence-corrected chi connectivity index (χ0v) is 12.1. The van der Waals surface area contributed by atoms with Crippen molar-refractivity contribution in [1.82, 2.24) is 10.2 Å². The summed E-state index contributed by atoms with van der Waals surface area (Å²) in [6.45, 7) is 6.13. The molecule has 108 valence electrons. The van der Waals surface area contributed by atoms with Crippen LogP contribution in [0.1, 0.15) is 31.2 Å². The van der Waals surface area contributed by atoms with E-state index in [2.05, 4.69) is 22.5 Å². The Labute approximate surface area is 120 Å². The van der Waals surface area contributed by atoms with Crippen molar-refractivity contribution >= 4 is 11.6 Å². The summed E-state index contributed by atoms with van der Waals surface area (Å²) in [5, 5.41) is 6.48. The number of benzene rings is 1. The fraction of sp³-hybridized carbons (Fsp3) is 0.562. The number of carbonyl (C=O) groups is 1. The van der Waals surface area contributed by atoms with Crippen LogP contribution in [0.15, 0.2) is 24.3 Å². The summed E-state index contributed by atoms with van der Waals surface area (Å²) >= 11 is 0. The number of fused-ring (bicyclic) bond motifs is 1. The molecule has 2 aliphatic heterocycles. The van der Waals surface area contributed by atoms with Crippen LogP contribution in [0.5, 0.6) is 0 Å². The Morgan fingerprint density at radius 1 is 1.40 bits per heavy atom. The number of hydrogen-bond acceptors (Lipinski definition) is 3. The molecule has 1 aromatic carbocycles. The van der Waals surface area contributed by atoms with Gasteiger partial charge in [0.15, 0.2) is 0 Å². The van der Waals surface area contributed by atoms with E-state index in [1.807, 2.05) is 24.3 Å². The number of anilines is 1. The first-order chi connectivity index (χ1) is 9.74. The zero-order chi connectivity index (χ0) is 13.9. The highest BCUT2D eigenvalue weighted by atomic mass is 16.2. The molecule has 2 N–H and O–H groups in total. The predicted molar refractivity (Wildman–Crippen MR) is 81.0 cm³/mol. The van der Waals surface area contributed by atoms with Crippen molar-refractivity contribution in [1.29, 1.82) is 0 Å². The van der Waals surface area contributed by atoms with Crippen LogP contribution < -0.4 is 10.6 Å². The molecule has 20 heavy (non-hydrogen) atoms. The first-order valence-corrected chi connectivity index (χ1v) is 7.59. The Morgan fingerprint density at radius 2 is 2.15 bits per heavy atom. The van der Waals surface area contributed by atoms with Gasteiger partial charge in [-0.05, 0) is 44.5 Å². The maximum Gasteiger partial charge on any atom is 0.229 e. The molecule has 0 aliphatic carbocycles. The van der Waals surface area contributed by atoms with Crippen molar-refractivity contribution in [2.75, 3.05) is 31.5 Å². The van der Waals surface area contributed by atoms with Crippen molar-refractivity contribution in [2.24, 2.45) is 0 Å². The Kier molecular flexibility index (Phi) is 3.92. The van der Waals surface area contributed by atoms with Crippen molar-refractivity contribution in [2.45, 2.75) is 31.7 Å². The average molecular weight is 273 g/mol. The maximum absolute atomic E-state index is 12.4. The molecule has 2 atom stereocenters. The highest BCUT2D eigenvalue weighted by molar-refractivity contribution is 5.88. The lowest BCUT2D eigenvalue weighted by molar-refractivity contribution is -0.122. The van der Waals surface area contributed by atoms with Crippen molar-refractivity contribution in [3.63, 3.8) is 0 Å². The maximum atomic E-state index is 12.4. The monoisotopic (exact) mass is 273 g/mol. The summed E-state index contributed by atoms with van der Waals surface area (Å²) in [7, 11) is 0. The van der Waals surface area contributed by atoms with Crippen molar-refractivity contribution < 1.29 is 4.79 Å². The number of nitrogens with one attached hydrogen (secondary N) is 2. The molecular weight excluding hydrogens is 250 g/mol. The van der Waals surface area contributed by atoms with E-state index >= 15 is 0 Å². The molecule has 1 saturated heterocycles. The molecule has 2 aliphatic rings. The van der Waals surface area contributed by atoms with Crippen molar-refractivity contribution in [3.05, 3.63) is 29.8 Å². The number of para-hydroxylation sites is 1. The third-order valence-corrected chi connectivity index (χ3v) is 4.27. The van der Waals surface area contributed by atoms with Gasteiger partial charge >= 0.3 is 0 Å². The number of amides is 1. The Hall–Kier alpha value is -1.55. The van der Waals surface area contributed by atoms with Crippen LogP contribution in [0.2, 0.25) is 0 Å². The lowest BCUT2D eigenvalue weighted by Crippen LogP contribution is -2.43. The average Bonchev–Trinajstić information content (AvgIpc) is 3.07. The minimum absolute atomic E-state index is 0.0489. The quantitative estimate of drug-likeness (QED) is 0.879. The summed E-state index contributed by atoms with van der Waals surface area (Å²) in [6.07, 6.45) is 2.58. The van der Waals surface area contributed by atoms with Gasteiger partial charge in [-0.1, -0.05) is 18.2 Å². The first-order valence-electron chi connectivity index (χ1n) is 7.59. The minimum atomic E-state index is -0.0489. The smallest absolute Gasteiger partial charge is 0.229 e. The van der Waals surface area contributed by atoms with Gasteiger partial charge in [0, 0.05) is 24.8 Å². The van der Waals surface area contributed by atoms with Crippen LogP contribution in [0.25, 0.3) is 0 Å². The lowest BCUT2D eigenvalue weighted by Gasteiger charge is -2.22. The second-order valence-electron chi connectivity index (χ2n) is 5.94. The summed E-state index contributed by atoms with van der Waals surface area (Å²) in [4.78, 5) is 14.9. The van der Waals surface area contributed by atoms with Crippen LogP contribution in [0.4, 0.5) is 5.69 Å². The van der Waals surface area contributed by atoms with Gasteiger partial charge in [-0.25, -0.2) is 0 Å². The van der Waals surface area contributed by atoms with E-state index in [1.165, 1.54) is 25.9 Å². The third-order valence-electron chi connectivity index (χ3n) is 4.27. The van der Waals surface area contributed by atoms with Gasteiger partial charge < -0.3 is 15.5 Å². The summed E-state index contributed by atoms with van der Waals surface area (Å²) in [6, 6.07) is 8.30. The molecule has 0 bridgehead atoms. The second-order valence-corrected chi connectivity index (χ2v) is 5.94. The Balaban J connectivity index is 1.57. The number of nitrogens with zero attached hydrogens (tertiary/aromatic N) is 1. The highest BCUT2D eigenvalue weighted by Crippen LogP contribution is 2.31. The number of carbonyl (C=O) groups excluding carboxylic acids is 1. The predicted octanol–water partition coefficient (Wildman–Crippen LogP) is 1.80. The molecule has 0 spiro atoms. The molecule has 1 amide bonds. The molecule has 4 heteroatoms. The van der Waals surface area contributed by atoms with Gasteiger partial charge in [-0.2, -0.15) is 0 Å². The van der Waals surface area contributed by atoms with E-state index in [1.54, 1.807) is 0 Å². The van der Waals surface area contributed by atoms with E-state index in [0.717, 1.165) is 17.8 Å². The van der Waals surface area contributed by atoms with Crippen LogP contribution in [0.3, 0.4) is 0 Å². The minimum Gasteiger partial charge on any atom is -0.384 e. The molecule has 2 heterocycles. The summed E-state index contributed by atoms with van der Waals surface area (Å²) in [5.74, 6) is 0.0985. The standard InChI is InChI=1S/C16H23N3O/c1-12(11-19-8-4-5-9-19)18-16(20)14-10-17-15-7-3-2-6-13(14)15/h2-3,6-7,12,14,17H,4-5,8-11H2,1H3,(H,18,20).